The Morgan fingerprint density at radius 2 is 1.05 bits per heavy atom. The van der Waals surface area contributed by atoms with Crippen molar-refractivity contribution in [1.82, 2.24) is 0 Å². The quantitative estimate of drug-likeness (QED) is 0.308. The third-order valence-electron chi connectivity index (χ3n) is 8.68. The first-order valence-corrected chi connectivity index (χ1v) is 16.2. The molecule has 4 saturated carbocycles. The number of hydrogen-bond acceptors (Lipinski definition) is 3. The second-order valence-corrected chi connectivity index (χ2v) is 16.2. The Bertz CT molecular complexity index is 1220. The van der Waals surface area contributed by atoms with Crippen LogP contribution in [0.25, 0.3) is 0 Å². The van der Waals surface area contributed by atoms with Gasteiger partial charge in [-0.3, -0.25) is 0 Å². The second kappa shape index (κ2) is 9.25. The van der Waals surface area contributed by atoms with E-state index in [0.29, 0.717) is 52.9 Å². The predicted octanol–water partition coefficient (Wildman–Crippen LogP) is 6.44. The molecule has 4 fully saturated rings. The van der Waals surface area contributed by atoms with Crippen LogP contribution in [0, 0.1) is 23.2 Å². The number of hydrogen-bond donors (Lipinski definition) is 0. The van der Waals surface area contributed by atoms with Crippen LogP contribution < -0.4 is 15.9 Å². The van der Waals surface area contributed by atoms with Crippen LogP contribution in [-0.4, -0.2) is 13.7 Å². The van der Waals surface area contributed by atoms with E-state index in [0.717, 1.165) is 19.3 Å². The van der Waals surface area contributed by atoms with Crippen molar-refractivity contribution in [2.45, 2.75) is 50.2 Å². The standard InChI is InChI=1S/C30H32F2O3PS/c31-30(32,22-29-19-23-16-24(20-29)18-25(17-23)21-29)37(33,34)35-36(26-10-4-1-5-11-26,27-12-6-2-7-13-27)28-14-8-3-9-15-28/h1-15,23-25H,16-22H2/q+1. The van der Waals surface area contributed by atoms with Crippen molar-refractivity contribution < 1.29 is 21.2 Å². The molecule has 4 aliphatic rings. The summed E-state index contributed by atoms with van der Waals surface area (Å²) in [5.74, 6) is 1.36. The van der Waals surface area contributed by atoms with E-state index >= 15 is 8.78 Å². The summed E-state index contributed by atoms with van der Waals surface area (Å²) in [5, 5.41) is -2.23. The van der Waals surface area contributed by atoms with Gasteiger partial charge in [-0.15, -0.1) is 0 Å². The molecule has 3 aromatic carbocycles. The first-order valence-electron chi connectivity index (χ1n) is 13.1. The largest absolute Gasteiger partial charge is 0.373 e. The Morgan fingerprint density at radius 3 is 1.41 bits per heavy atom. The lowest BCUT2D eigenvalue weighted by Crippen LogP contribution is -2.50. The van der Waals surface area contributed by atoms with Crippen molar-refractivity contribution in [3.05, 3.63) is 91.0 Å². The zero-order valence-electron chi connectivity index (χ0n) is 20.7. The molecule has 0 radical (unpaired) electrons. The molecule has 4 aliphatic carbocycles. The molecular formula is C30H32F2O3PS+. The summed E-state index contributed by atoms with van der Waals surface area (Å²) in [6, 6.07) is 26.9. The van der Waals surface area contributed by atoms with E-state index in [1.54, 1.807) is 72.8 Å². The minimum absolute atomic E-state index is 0.454. The highest BCUT2D eigenvalue weighted by Gasteiger charge is 2.63. The van der Waals surface area contributed by atoms with Crippen LogP contribution in [0.2, 0.25) is 0 Å². The van der Waals surface area contributed by atoms with E-state index in [1.165, 1.54) is 0 Å². The van der Waals surface area contributed by atoms with E-state index in [1.807, 2.05) is 18.2 Å². The summed E-state index contributed by atoms with van der Waals surface area (Å²) < 4.78 is 65.7. The molecule has 3 nitrogen and oxygen atoms in total. The van der Waals surface area contributed by atoms with Gasteiger partial charge in [-0.2, -0.15) is 17.2 Å². The van der Waals surface area contributed by atoms with Crippen LogP contribution in [0.4, 0.5) is 8.78 Å². The molecule has 0 aliphatic heterocycles. The maximum atomic E-state index is 16.1. The summed E-state index contributed by atoms with van der Waals surface area (Å²) >= 11 is 0. The van der Waals surface area contributed by atoms with Crippen LogP contribution in [0.1, 0.15) is 44.9 Å². The van der Waals surface area contributed by atoms with E-state index in [-0.39, 0.29) is 0 Å². The molecule has 37 heavy (non-hydrogen) atoms. The molecule has 7 rings (SSSR count). The fraction of sp³-hybridized carbons (Fsp3) is 0.400. The highest BCUT2D eigenvalue weighted by molar-refractivity contribution is 8.02. The van der Waals surface area contributed by atoms with Crippen LogP contribution >= 0.6 is 7.49 Å². The van der Waals surface area contributed by atoms with Gasteiger partial charge in [-0.25, -0.2) is 0 Å². The van der Waals surface area contributed by atoms with Crippen molar-refractivity contribution in [3.63, 3.8) is 0 Å². The summed E-state index contributed by atoms with van der Waals surface area (Å²) in [6.07, 6.45) is 4.81. The van der Waals surface area contributed by atoms with Gasteiger partial charge in [-0.05, 0) is 98.1 Å². The Kier molecular flexibility index (Phi) is 6.29. The lowest BCUT2D eigenvalue weighted by molar-refractivity contribution is -0.0930. The lowest BCUT2D eigenvalue weighted by Gasteiger charge is -2.57. The second-order valence-electron chi connectivity index (χ2n) is 11.4. The van der Waals surface area contributed by atoms with E-state index in [4.69, 9.17) is 3.97 Å². The Morgan fingerprint density at radius 1 is 0.703 bits per heavy atom. The van der Waals surface area contributed by atoms with Gasteiger partial charge in [0.1, 0.15) is 15.9 Å². The molecule has 0 saturated heterocycles. The molecule has 194 valence electrons. The van der Waals surface area contributed by atoms with Gasteiger partial charge in [0.2, 0.25) is 0 Å². The Hall–Kier alpha value is -2.14. The summed E-state index contributed by atoms with van der Waals surface area (Å²) in [6.45, 7) is 0. The molecule has 7 heteroatoms. The van der Waals surface area contributed by atoms with Gasteiger partial charge in [0.05, 0.1) is 0 Å². The fourth-order valence-electron chi connectivity index (χ4n) is 7.72. The lowest BCUT2D eigenvalue weighted by atomic mass is 9.49. The van der Waals surface area contributed by atoms with E-state index in [2.05, 4.69) is 0 Å². The average molecular weight is 542 g/mol. The van der Waals surface area contributed by atoms with E-state index < -0.39 is 34.7 Å². The molecule has 0 unspecified atom stereocenters. The first kappa shape index (κ1) is 25.2. The summed E-state index contributed by atoms with van der Waals surface area (Å²) in [5.41, 5.74) is -0.609. The van der Waals surface area contributed by atoms with Gasteiger partial charge in [0, 0.05) is 6.42 Å². The van der Waals surface area contributed by atoms with Crippen LogP contribution in [0.15, 0.2) is 91.0 Å². The van der Waals surface area contributed by atoms with Crippen molar-refractivity contribution >= 4 is 33.5 Å². The Balaban J connectivity index is 1.43. The number of alkyl halides is 2. The maximum absolute atomic E-state index is 16.1. The maximum Gasteiger partial charge on any atom is 0.373 e. The molecule has 4 bridgehead atoms. The molecule has 0 spiro atoms. The zero-order chi connectivity index (χ0) is 25.7. The van der Waals surface area contributed by atoms with Gasteiger partial charge >= 0.3 is 15.4 Å². The third kappa shape index (κ3) is 4.45. The zero-order valence-corrected chi connectivity index (χ0v) is 22.4. The minimum atomic E-state index is -5.29. The summed E-state index contributed by atoms with van der Waals surface area (Å²) in [4.78, 5) is 0. The number of rotatable bonds is 8. The van der Waals surface area contributed by atoms with Gasteiger partial charge in [0.15, 0.2) is 0 Å². The van der Waals surface area contributed by atoms with Gasteiger partial charge in [-0.1, -0.05) is 58.6 Å². The van der Waals surface area contributed by atoms with Crippen molar-refractivity contribution in [2.24, 2.45) is 23.2 Å². The van der Waals surface area contributed by atoms with Crippen molar-refractivity contribution in [2.75, 3.05) is 0 Å². The Labute approximate surface area is 218 Å². The van der Waals surface area contributed by atoms with Crippen LogP contribution in [0.3, 0.4) is 0 Å². The monoisotopic (exact) mass is 541 g/mol. The molecule has 0 atom stereocenters. The minimum Gasteiger partial charge on any atom is -0.190 e. The first-order chi connectivity index (χ1) is 17.7. The van der Waals surface area contributed by atoms with Crippen LogP contribution in [-0.2, 0) is 14.1 Å². The average Bonchev–Trinajstić information content (AvgIpc) is 2.87. The smallest absolute Gasteiger partial charge is 0.190 e. The SMILES string of the molecule is O=S(=O)(O[P+](c1ccccc1)(c1ccccc1)c1ccccc1)C(F)(F)CC12CC3CC(CC(C3)C1)C2. The fourth-order valence-corrected chi connectivity index (χ4v) is 13.5. The number of halogens is 2. The normalized spacial score (nSPS) is 27.4. The highest BCUT2D eigenvalue weighted by Crippen LogP contribution is 2.65. The molecule has 0 N–H and O–H groups in total. The van der Waals surface area contributed by atoms with E-state index in [9.17, 15) is 8.42 Å². The third-order valence-corrected chi connectivity index (χ3v) is 14.3. The highest BCUT2D eigenvalue weighted by atomic mass is 32.2. The van der Waals surface area contributed by atoms with Gasteiger partial charge < -0.3 is 0 Å². The van der Waals surface area contributed by atoms with Crippen LogP contribution in [0.5, 0.6) is 0 Å². The molecule has 0 heterocycles. The summed E-state index contributed by atoms with van der Waals surface area (Å²) in [7, 11) is -8.71. The molecule has 0 aromatic heterocycles. The molecule has 3 aromatic rings. The molecule has 0 amide bonds. The molecular weight excluding hydrogens is 509 g/mol. The topological polar surface area (TPSA) is 43.4 Å². The predicted molar refractivity (Wildman–Crippen MR) is 145 cm³/mol. The van der Waals surface area contributed by atoms with Crippen molar-refractivity contribution in [1.29, 1.82) is 0 Å². The number of benzene rings is 3. The van der Waals surface area contributed by atoms with Crippen molar-refractivity contribution in [3.8, 4) is 0 Å². The van der Waals surface area contributed by atoms with Gasteiger partial charge in [0.25, 0.3) is 7.49 Å².